The van der Waals surface area contributed by atoms with Crippen molar-refractivity contribution < 1.29 is 23.1 Å². The van der Waals surface area contributed by atoms with Gasteiger partial charge in [-0.25, -0.2) is 14.2 Å². The number of aromatic nitrogens is 2. The van der Waals surface area contributed by atoms with Gasteiger partial charge in [0, 0.05) is 12.7 Å². The van der Waals surface area contributed by atoms with E-state index in [1.165, 1.54) is 16.8 Å². The molecule has 2 aromatic rings. The van der Waals surface area contributed by atoms with Crippen molar-refractivity contribution in [2.45, 2.75) is 24.9 Å². The summed E-state index contributed by atoms with van der Waals surface area (Å²) in [6, 6.07) is 3.95. The van der Waals surface area contributed by atoms with E-state index in [4.69, 9.17) is 4.74 Å². The molecule has 148 valence electrons. The number of nitrogens with zero attached hydrogens (tertiary/aromatic N) is 2. The quantitative estimate of drug-likeness (QED) is 0.546. The normalized spacial score (nSPS) is 24.4. The Morgan fingerprint density at radius 2 is 2.18 bits per heavy atom. The van der Waals surface area contributed by atoms with Crippen LogP contribution in [0.2, 0.25) is 0 Å². The molecular weight excluding hydrogens is 374 g/mol. The van der Waals surface area contributed by atoms with Crippen LogP contribution in [-0.4, -0.2) is 53.1 Å². The molecule has 4 N–H and O–H groups in total. The van der Waals surface area contributed by atoms with E-state index >= 15 is 0 Å². The molecule has 4 rings (SSSR count). The van der Waals surface area contributed by atoms with Gasteiger partial charge < -0.3 is 15.4 Å². The molecule has 1 aromatic heterocycles. The molecule has 1 aromatic carbocycles. The summed E-state index contributed by atoms with van der Waals surface area (Å²) >= 11 is 0. The molecule has 28 heavy (non-hydrogen) atoms. The van der Waals surface area contributed by atoms with Gasteiger partial charge in [0.05, 0.1) is 19.2 Å². The van der Waals surface area contributed by atoms with Gasteiger partial charge in [-0.05, 0) is 23.8 Å². The average Bonchev–Trinajstić information content (AvgIpc) is 3.28. The fraction of sp³-hybridized carbons (Fsp3) is 0.353. The smallest absolute Gasteiger partial charge is 0.272 e. The maximum Gasteiger partial charge on any atom is 0.272 e. The number of nitrogens with one attached hydrogen (secondary N) is 4. The SMILES string of the molecule is O=C(N[C@H]1COC2NNCC2NC1=O)c1ccn(Cc2ccc(F)c(F)c2)n1. The first-order valence-electron chi connectivity index (χ1n) is 8.68. The molecule has 2 fully saturated rings. The first kappa shape index (κ1) is 18.5. The van der Waals surface area contributed by atoms with E-state index in [9.17, 15) is 18.4 Å². The highest BCUT2D eigenvalue weighted by Gasteiger charge is 2.36. The molecule has 0 aliphatic carbocycles. The van der Waals surface area contributed by atoms with Gasteiger partial charge in [0.2, 0.25) is 5.91 Å². The Balaban J connectivity index is 1.38. The molecule has 0 saturated carbocycles. The van der Waals surface area contributed by atoms with Crippen LogP contribution in [0.25, 0.3) is 0 Å². The van der Waals surface area contributed by atoms with Gasteiger partial charge in [0.15, 0.2) is 11.6 Å². The molecule has 0 bridgehead atoms. The van der Waals surface area contributed by atoms with Crippen LogP contribution in [0.1, 0.15) is 16.1 Å². The molecule has 2 amide bonds. The van der Waals surface area contributed by atoms with Crippen LogP contribution >= 0.6 is 0 Å². The minimum Gasteiger partial charge on any atom is -0.357 e. The lowest BCUT2D eigenvalue weighted by Crippen LogP contribution is -2.50. The number of amides is 2. The van der Waals surface area contributed by atoms with E-state index < -0.39 is 23.6 Å². The zero-order valence-electron chi connectivity index (χ0n) is 14.6. The second kappa shape index (κ2) is 7.62. The Kier molecular flexibility index (Phi) is 5.03. The highest BCUT2D eigenvalue weighted by atomic mass is 19.2. The molecule has 9 nitrogen and oxygen atoms in total. The third kappa shape index (κ3) is 3.86. The summed E-state index contributed by atoms with van der Waals surface area (Å²) < 4.78 is 33.3. The first-order chi connectivity index (χ1) is 13.5. The fourth-order valence-electron chi connectivity index (χ4n) is 3.06. The Bertz CT molecular complexity index is 905. The van der Waals surface area contributed by atoms with Crippen molar-refractivity contribution in [3.05, 3.63) is 53.4 Å². The number of hydrazine groups is 1. The molecule has 11 heteroatoms. The zero-order valence-corrected chi connectivity index (χ0v) is 14.6. The maximum atomic E-state index is 13.3. The Hall–Kier alpha value is -2.89. The van der Waals surface area contributed by atoms with Crippen molar-refractivity contribution >= 4 is 11.8 Å². The molecule has 0 radical (unpaired) electrons. The number of benzene rings is 1. The lowest BCUT2D eigenvalue weighted by Gasteiger charge is -2.14. The summed E-state index contributed by atoms with van der Waals surface area (Å²) in [5, 5.41) is 9.52. The zero-order chi connectivity index (χ0) is 19.7. The Morgan fingerprint density at radius 3 is 3.00 bits per heavy atom. The number of carbonyl (C=O) groups is 2. The van der Waals surface area contributed by atoms with Crippen LogP contribution in [0, 0.1) is 11.6 Å². The van der Waals surface area contributed by atoms with Gasteiger partial charge in [-0.2, -0.15) is 5.10 Å². The van der Waals surface area contributed by atoms with Crippen molar-refractivity contribution in [1.29, 1.82) is 0 Å². The highest BCUT2D eigenvalue weighted by Crippen LogP contribution is 2.11. The second-order valence-corrected chi connectivity index (χ2v) is 6.57. The largest absolute Gasteiger partial charge is 0.357 e. The standard InChI is InChI=1S/C17H18F2N6O3/c18-10-2-1-9(5-11(10)19)7-25-4-3-12(24-25)15(26)22-14-8-28-17-13(6-20-23-17)21-16(14)27/h1-5,13-14,17,20,23H,6-8H2,(H,21,27)(H,22,26)/t13?,14-,17?/m0/s1. The third-order valence-electron chi connectivity index (χ3n) is 4.53. The van der Waals surface area contributed by atoms with Crippen LogP contribution in [-0.2, 0) is 16.1 Å². The Morgan fingerprint density at radius 1 is 1.32 bits per heavy atom. The van der Waals surface area contributed by atoms with E-state index in [0.29, 0.717) is 12.1 Å². The average molecular weight is 392 g/mol. The summed E-state index contributed by atoms with van der Waals surface area (Å²) in [6.07, 6.45) is 1.18. The van der Waals surface area contributed by atoms with Crippen LogP contribution < -0.4 is 21.5 Å². The highest BCUT2D eigenvalue weighted by molar-refractivity contribution is 5.96. The summed E-state index contributed by atoms with van der Waals surface area (Å²) in [5.41, 5.74) is 6.38. The van der Waals surface area contributed by atoms with Crippen LogP contribution in [0.4, 0.5) is 8.78 Å². The van der Waals surface area contributed by atoms with Gasteiger partial charge in [0.25, 0.3) is 5.91 Å². The first-order valence-corrected chi connectivity index (χ1v) is 8.68. The summed E-state index contributed by atoms with van der Waals surface area (Å²) in [5.74, 6) is -2.75. The van der Waals surface area contributed by atoms with Gasteiger partial charge in [-0.1, -0.05) is 6.07 Å². The topological polar surface area (TPSA) is 109 Å². The molecule has 2 aliphatic heterocycles. The monoisotopic (exact) mass is 392 g/mol. The lowest BCUT2D eigenvalue weighted by atomic mass is 10.2. The number of halogens is 2. The van der Waals surface area contributed by atoms with Gasteiger partial charge in [-0.3, -0.25) is 19.7 Å². The number of hydrogen-bond donors (Lipinski definition) is 4. The van der Waals surface area contributed by atoms with Gasteiger partial charge in [0.1, 0.15) is 18.0 Å². The van der Waals surface area contributed by atoms with Crippen molar-refractivity contribution in [2.24, 2.45) is 0 Å². The van der Waals surface area contributed by atoms with E-state index in [1.807, 2.05) is 0 Å². The van der Waals surface area contributed by atoms with E-state index in [-0.39, 0.29) is 37.0 Å². The summed E-state index contributed by atoms with van der Waals surface area (Å²) in [6.45, 7) is 0.702. The van der Waals surface area contributed by atoms with E-state index in [2.05, 4.69) is 26.6 Å². The number of hydrogen-bond acceptors (Lipinski definition) is 6. The van der Waals surface area contributed by atoms with Gasteiger partial charge in [-0.15, -0.1) is 0 Å². The number of carbonyl (C=O) groups excluding carboxylic acids is 2. The van der Waals surface area contributed by atoms with Crippen molar-refractivity contribution in [3.63, 3.8) is 0 Å². The molecule has 0 spiro atoms. The van der Waals surface area contributed by atoms with Crippen molar-refractivity contribution in [3.8, 4) is 0 Å². The lowest BCUT2D eigenvalue weighted by molar-refractivity contribution is -0.123. The minimum absolute atomic E-state index is 0.0169. The van der Waals surface area contributed by atoms with Crippen LogP contribution in [0.15, 0.2) is 30.5 Å². The number of ether oxygens (including phenoxy) is 1. The van der Waals surface area contributed by atoms with Crippen molar-refractivity contribution in [2.75, 3.05) is 13.2 Å². The van der Waals surface area contributed by atoms with Crippen LogP contribution in [0.5, 0.6) is 0 Å². The summed E-state index contributed by atoms with van der Waals surface area (Å²) in [7, 11) is 0. The third-order valence-corrected chi connectivity index (χ3v) is 4.53. The molecule has 3 heterocycles. The molecule has 2 saturated heterocycles. The predicted molar refractivity (Wildman–Crippen MR) is 91.8 cm³/mol. The van der Waals surface area contributed by atoms with E-state index in [1.54, 1.807) is 6.20 Å². The molecule has 2 aliphatic rings. The van der Waals surface area contributed by atoms with Crippen LogP contribution in [0.3, 0.4) is 0 Å². The molecular formula is C17H18F2N6O3. The Labute approximate surface area is 158 Å². The minimum atomic E-state index is -0.948. The van der Waals surface area contributed by atoms with E-state index in [0.717, 1.165) is 12.1 Å². The number of rotatable bonds is 4. The second-order valence-electron chi connectivity index (χ2n) is 6.57. The summed E-state index contributed by atoms with van der Waals surface area (Å²) in [4.78, 5) is 24.7. The van der Waals surface area contributed by atoms with Crippen molar-refractivity contribution in [1.82, 2.24) is 31.3 Å². The fourth-order valence-corrected chi connectivity index (χ4v) is 3.06. The molecule has 2 unspecified atom stereocenters. The molecule has 3 atom stereocenters. The number of fused-ring (bicyclic) bond motifs is 1. The van der Waals surface area contributed by atoms with Gasteiger partial charge >= 0.3 is 0 Å². The predicted octanol–water partition coefficient (Wildman–Crippen LogP) is -0.743. The maximum absolute atomic E-state index is 13.3.